The summed E-state index contributed by atoms with van der Waals surface area (Å²) in [5, 5.41) is 5.98. The fourth-order valence-electron chi connectivity index (χ4n) is 4.02. The third-order valence-electron chi connectivity index (χ3n) is 5.75. The second-order valence-electron chi connectivity index (χ2n) is 7.49. The number of amides is 2. The number of aromatic amines is 1. The largest absolute Gasteiger partial charge is 0.362 e. The van der Waals surface area contributed by atoms with E-state index in [2.05, 4.69) is 50.3 Å². The van der Waals surface area contributed by atoms with Gasteiger partial charge in [0.15, 0.2) is 0 Å². The number of likely N-dealkylation sites (N-methyl/N-ethyl adjacent to an activating group) is 1. The third-order valence-corrected chi connectivity index (χ3v) is 6.24. The predicted molar refractivity (Wildman–Crippen MR) is 120 cm³/mol. The summed E-state index contributed by atoms with van der Waals surface area (Å²) < 4.78 is 0.949. The number of hydrogen-bond acceptors (Lipinski definition) is 3. The Labute approximate surface area is 180 Å². The number of benzene rings is 1. The predicted octanol–water partition coefficient (Wildman–Crippen LogP) is 3.74. The Hall–Kier alpha value is -2.12. The van der Waals surface area contributed by atoms with Gasteiger partial charge in [0.1, 0.15) is 0 Å². The third kappa shape index (κ3) is 4.56. The molecule has 0 spiro atoms. The van der Waals surface area contributed by atoms with Crippen LogP contribution in [-0.2, 0) is 11.2 Å². The van der Waals surface area contributed by atoms with Crippen LogP contribution in [0, 0.1) is 13.8 Å². The normalized spacial score (nSPS) is 15.5. The molecule has 6 nitrogen and oxygen atoms in total. The fourth-order valence-corrected chi connectivity index (χ4v) is 4.40. The molecule has 1 aliphatic rings. The van der Waals surface area contributed by atoms with Crippen molar-refractivity contribution in [3.63, 3.8) is 0 Å². The number of rotatable bonds is 8. The maximum atomic E-state index is 12.8. The SMILES string of the molecule is CCN(CC)CCNC(=O)c1c(C)[nH]c(CC2C(=O)Nc3ccc(Br)cc32)c1C. The first-order valence-corrected chi connectivity index (χ1v) is 10.9. The highest BCUT2D eigenvalue weighted by Crippen LogP contribution is 2.37. The minimum Gasteiger partial charge on any atom is -0.362 e. The highest BCUT2D eigenvalue weighted by Gasteiger charge is 2.32. The maximum absolute atomic E-state index is 12.8. The number of halogens is 1. The van der Waals surface area contributed by atoms with Gasteiger partial charge in [-0.15, -0.1) is 0 Å². The van der Waals surface area contributed by atoms with Crippen molar-refractivity contribution < 1.29 is 9.59 Å². The molecule has 0 fully saturated rings. The zero-order chi connectivity index (χ0) is 21.1. The van der Waals surface area contributed by atoms with E-state index in [0.29, 0.717) is 18.5 Å². The Kier molecular flexibility index (Phi) is 6.80. The summed E-state index contributed by atoms with van der Waals surface area (Å²) >= 11 is 3.49. The Balaban J connectivity index is 1.74. The number of anilines is 1. The Morgan fingerprint density at radius 1 is 1.24 bits per heavy atom. The van der Waals surface area contributed by atoms with Crippen LogP contribution in [0.1, 0.15) is 52.6 Å². The zero-order valence-corrected chi connectivity index (χ0v) is 19.1. The minimum absolute atomic E-state index is 0.00465. The molecule has 2 heterocycles. The van der Waals surface area contributed by atoms with E-state index in [1.54, 1.807) is 0 Å². The quantitative estimate of drug-likeness (QED) is 0.561. The van der Waals surface area contributed by atoms with Crippen molar-refractivity contribution in [3.05, 3.63) is 50.8 Å². The van der Waals surface area contributed by atoms with Gasteiger partial charge in [0.05, 0.1) is 11.5 Å². The van der Waals surface area contributed by atoms with Crippen LogP contribution in [0.5, 0.6) is 0 Å². The van der Waals surface area contributed by atoms with Crippen LogP contribution in [0.3, 0.4) is 0 Å². The van der Waals surface area contributed by atoms with E-state index in [0.717, 1.165) is 52.3 Å². The standard InChI is InChI=1S/C22H29BrN4O2/c1-5-27(6-2)10-9-24-22(29)20-13(3)19(25-14(20)4)12-17-16-11-15(23)7-8-18(16)26-21(17)28/h7-8,11,17,25H,5-6,9-10,12H2,1-4H3,(H,24,29)(H,26,28). The van der Waals surface area contributed by atoms with Crippen LogP contribution >= 0.6 is 15.9 Å². The molecule has 0 saturated carbocycles. The molecule has 2 amide bonds. The number of aromatic nitrogens is 1. The Bertz CT molecular complexity index is 918. The van der Waals surface area contributed by atoms with E-state index >= 15 is 0 Å². The number of aryl methyl sites for hydroxylation is 1. The smallest absolute Gasteiger partial charge is 0.253 e. The van der Waals surface area contributed by atoms with Gasteiger partial charge >= 0.3 is 0 Å². The van der Waals surface area contributed by atoms with Gasteiger partial charge in [-0.2, -0.15) is 0 Å². The Morgan fingerprint density at radius 2 is 1.97 bits per heavy atom. The number of nitrogens with zero attached hydrogens (tertiary/aromatic N) is 1. The van der Waals surface area contributed by atoms with E-state index < -0.39 is 0 Å². The molecule has 1 aromatic carbocycles. The average Bonchev–Trinajstić information content (AvgIpc) is 3.14. The Morgan fingerprint density at radius 3 is 2.66 bits per heavy atom. The summed E-state index contributed by atoms with van der Waals surface area (Å²) in [4.78, 5) is 30.9. The van der Waals surface area contributed by atoms with Crippen LogP contribution in [0.2, 0.25) is 0 Å². The van der Waals surface area contributed by atoms with Crippen LogP contribution in [0.4, 0.5) is 5.69 Å². The molecule has 156 valence electrons. The molecule has 1 aliphatic heterocycles. The maximum Gasteiger partial charge on any atom is 0.253 e. The molecule has 3 rings (SSSR count). The second kappa shape index (κ2) is 9.13. The lowest BCUT2D eigenvalue weighted by molar-refractivity contribution is -0.117. The van der Waals surface area contributed by atoms with Crippen molar-refractivity contribution in [2.45, 2.75) is 40.0 Å². The van der Waals surface area contributed by atoms with Crippen LogP contribution in [-0.4, -0.2) is 47.9 Å². The van der Waals surface area contributed by atoms with Gasteiger partial charge in [-0.1, -0.05) is 29.8 Å². The number of H-pyrrole nitrogens is 1. The van der Waals surface area contributed by atoms with Gasteiger partial charge in [0.2, 0.25) is 5.91 Å². The first-order valence-electron chi connectivity index (χ1n) is 10.1. The number of nitrogens with one attached hydrogen (secondary N) is 3. The van der Waals surface area contributed by atoms with Gasteiger partial charge in [-0.3, -0.25) is 9.59 Å². The summed E-state index contributed by atoms with van der Waals surface area (Å²) in [5.41, 5.74) is 5.22. The van der Waals surface area contributed by atoms with E-state index in [1.807, 2.05) is 32.0 Å². The molecule has 1 unspecified atom stereocenters. The lowest BCUT2D eigenvalue weighted by Crippen LogP contribution is -2.35. The molecule has 0 radical (unpaired) electrons. The van der Waals surface area contributed by atoms with Gasteiger partial charge in [0, 0.05) is 41.1 Å². The first-order chi connectivity index (χ1) is 13.8. The van der Waals surface area contributed by atoms with Crippen molar-refractivity contribution in [3.8, 4) is 0 Å². The summed E-state index contributed by atoms with van der Waals surface area (Å²) in [6, 6.07) is 5.83. The number of carbonyl (C=O) groups is 2. The first kappa shape index (κ1) is 21.6. The fraction of sp³-hybridized carbons (Fsp3) is 0.455. The van der Waals surface area contributed by atoms with Crippen LogP contribution < -0.4 is 10.6 Å². The van der Waals surface area contributed by atoms with Crippen molar-refractivity contribution in [2.75, 3.05) is 31.5 Å². The topological polar surface area (TPSA) is 77.2 Å². The van der Waals surface area contributed by atoms with Gasteiger partial charge in [-0.05, 0) is 56.3 Å². The average molecular weight is 461 g/mol. The van der Waals surface area contributed by atoms with Crippen molar-refractivity contribution in [1.29, 1.82) is 0 Å². The molecule has 7 heteroatoms. The number of carbonyl (C=O) groups excluding carboxylic acids is 2. The van der Waals surface area contributed by atoms with Gasteiger partial charge in [-0.25, -0.2) is 0 Å². The lowest BCUT2D eigenvalue weighted by atomic mass is 9.94. The molecular formula is C22H29BrN4O2. The minimum atomic E-state index is -0.266. The summed E-state index contributed by atoms with van der Waals surface area (Å²) in [6.07, 6.45) is 0.536. The molecular weight excluding hydrogens is 432 g/mol. The molecule has 1 aromatic heterocycles. The van der Waals surface area contributed by atoms with Gasteiger partial charge < -0.3 is 20.5 Å². The van der Waals surface area contributed by atoms with Crippen LogP contribution in [0.15, 0.2) is 22.7 Å². The monoisotopic (exact) mass is 460 g/mol. The molecule has 0 saturated heterocycles. The van der Waals surface area contributed by atoms with Crippen molar-refractivity contribution in [1.82, 2.24) is 15.2 Å². The van der Waals surface area contributed by atoms with Crippen molar-refractivity contribution in [2.24, 2.45) is 0 Å². The van der Waals surface area contributed by atoms with E-state index in [1.165, 1.54) is 0 Å². The summed E-state index contributed by atoms with van der Waals surface area (Å²) in [7, 11) is 0. The molecule has 0 bridgehead atoms. The second-order valence-corrected chi connectivity index (χ2v) is 8.40. The highest BCUT2D eigenvalue weighted by atomic mass is 79.9. The number of hydrogen-bond donors (Lipinski definition) is 3. The lowest BCUT2D eigenvalue weighted by Gasteiger charge is -2.18. The summed E-state index contributed by atoms with van der Waals surface area (Å²) in [5.74, 6) is -0.332. The van der Waals surface area contributed by atoms with E-state index in [4.69, 9.17) is 0 Å². The summed E-state index contributed by atoms with van der Waals surface area (Å²) in [6.45, 7) is 11.5. The highest BCUT2D eigenvalue weighted by molar-refractivity contribution is 9.10. The zero-order valence-electron chi connectivity index (χ0n) is 17.5. The van der Waals surface area contributed by atoms with Crippen molar-refractivity contribution >= 4 is 33.4 Å². The van der Waals surface area contributed by atoms with E-state index in [9.17, 15) is 9.59 Å². The molecule has 2 aromatic rings. The molecule has 3 N–H and O–H groups in total. The molecule has 29 heavy (non-hydrogen) atoms. The van der Waals surface area contributed by atoms with Crippen LogP contribution in [0.25, 0.3) is 0 Å². The molecule has 1 atom stereocenters. The number of fused-ring (bicyclic) bond motifs is 1. The van der Waals surface area contributed by atoms with E-state index in [-0.39, 0.29) is 17.7 Å². The molecule has 0 aliphatic carbocycles. The van der Waals surface area contributed by atoms with Gasteiger partial charge in [0.25, 0.3) is 5.91 Å².